The van der Waals surface area contributed by atoms with Crippen LogP contribution in [0.4, 0.5) is 13.2 Å². The molecule has 178 valence electrons. The number of amides is 1. The zero-order chi connectivity index (χ0) is 23.7. The maximum Gasteiger partial charge on any atom is 0.435 e. The number of hydrogen-bond acceptors (Lipinski definition) is 5. The molecule has 0 aromatic carbocycles. The van der Waals surface area contributed by atoms with E-state index < -0.39 is 27.8 Å². The largest absolute Gasteiger partial charge is 0.435 e. The van der Waals surface area contributed by atoms with E-state index in [1.807, 2.05) is 0 Å². The Hall–Kier alpha value is -2.41. The Balaban J connectivity index is 1.53. The van der Waals surface area contributed by atoms with Gasteiger partial charge in [0.05, 0.1) is 17.8 Å². The van der Waals surface area contributed by atoms with Gasteiger partial charge in [0.25, 0.3) is 0 Å². The number of carbonyl (C=O) groups is 1. The number of piperidine rings is 1. The third-order valence-corrected chi connectivity index (χ3v) is 7.65. The molecule has 1 N–H and O–H groups in total. The molecule has 0 bridgehead atoms. The molecule has 1 atom stereocenters. The Bertz CT molecular complexity index is 1080. The number of nitrogens with one attached hydrogen (secondary N) is 1. The molecule has 9 nitrogen and oxygen atoms in total. The Morgan fingerprint density at radius 2 is 2.03 bits per heavy atom. The molecule has 2 aromatic heterocycles. The lowest BCUT2D eigenvalue weighted by atomic mass is 9.99. The van der Waals surface area contributed by atoms with Crippen LogP contribution in [0.5, 0.6) is 0 Å². The van der Waals surface area contributed by atoms with E-state index in [1.54, 1.807) is 20.9 Å². The lowest BCUT2D eigenvalue weighted by Crippen LogP contribution is -2.45. The zero-order valence-electron chi connectivity index (χ0n) is 18.2. The molecule has 0 radical (unpaired) electrons. The van der Waals surface area contributed by atoms with Crippen molar-refractivity contribution in [3.05, 3.63) is 29.3 Å². The highest BCUT2D eigenvalue weighted by atomic mass is 32.2. The summed E-state index contributed by atoms with van der Waals surface area (Å²) in [7, 11) is -2.09. The van der Waals surface area contributed by atoms with E-state index in [2.05, 4.69) is 15.5 Å². The monoisotopic (exact) mass is 476 g/mol. The summed E-state index contributed by atoms with van der Waals surface area (Å²) in [4.78, 5) is 12.7. The summed E-state index contributed by atoms with van der Waals surface area (Å²) in [6, 6.07) is 0.986. The molecular weight excluding hydrogens is 449 g/mol. The summed E-state index contributed by atoms with van der Waals surface area (Å²) < 4.78 is 68.2. The average Bonchev–Trinajstić information content (AvgIpc) is 3.27. The topological polar surface area (TPSA) is 102 Å². The smallest absolute Gasteiger partial charge is 0.356 e. The molecule has 1 aliphatic heterocycles. The molecule has 0 aliphatic carbocycles. The lowest BCUT2D eigenvalue weighted by molar-refractivity contribution is -0.141. The van der Waals surface area contributed by atoms with Gasteiger partial charge in [0.1, 0.15) is 4.90 Å². The molecule has 3 heterocycles. The van der Waals surface area contributed by atoms with Crippen LogP contribution in [0.1, 0.15) is 36.3 Å². The molecule has 1 amide bonds. The predicted octanol–water partition coefficient (Wildman–Crippen LogP) is 1.86. The minimum atomic E-state index is -4.49. The molecule has 2 aromatic rings. The Morgan fingerprint density at radius 1 is 1.31 bits per heavy atom. The van der Waals surface area contributed by atoms with Gasteiger partial charge in [0, 0.05) is 38.9 Å². The first-order chi connectivity index (χ1) is 14.9. The normalized spacial score (nSPS) is 18.1. The second-order valence-electron chi connectivity index (χ2n) is 7.96. The summed E-state index contributed by atoms with van der Waals surface area (Å²) >= 11 is 0. The number of halogens is 3. The van der Waals surface area contributed by atoms with Crippen molar-refractivity contribution in [2.75, 3.05) is 19.6 Å². The fraction of sp³-hybridized carbons (Fsp3) is 0.632. The number of sulfonamides is 1. The fourth-order valence-electron chi connectivity index (χ4n) is 3.71. The highest BCUT2D eigenvalue weighted by molar-refractivity contribution is 7.89. The summed E-state index contributed by atoms with van der Waals surface area (Å²) in [6.07, 6.45) is -1.66. The van der Waals surface area contributed by atoms with Crippen LogP contribution >= 0.6 is 0 Å². The van der Waals surface area contributed by atoms with Crippen LogP contribution in [0.25, 0.3) is 0 Å². The highest BCUT2D eigenvalue weighted by Gasteiger charge is 2.35. The second kappa shape index (κ2) is 9.22. The van der Waals surface area contributed by atoms with Crippen molar-refractivity contribution < 1.29 is 26.4 Å². The molecule has 1 unspecified atom stereocenters. The summed E-state index contributed by atoms with van der Waals surface area (Å²) in [5.74, 6) is -0.750. The maximum absolute atomic E-state index is 13.0. The van der Waals surface area contributed by atoms with E-state index in [0.717, 1.165) is 6.07 Å². The second-order valence-corrected chi connectivity index (χ2v) is 9.86. The number of aromatic nitrogens is 4. The van der Waals surface area contributed by atoms with Gasteiger partial charge < -0.3 is 5.32 Å². The van der Waals surface area contributed by atoms with Gasteiger partial charge in [-0.15, -0.1) is 0 Å². The van der Waals surface area contributed by atoms with Crippen molar-refractivity contribution in [3.63, 3.8) is 0 Å². The zero-order valence-corrected chi connectivity index (χ0v) is 19.0. The van der Waals surface area contributed by atoms with Crippen molar-refractivity contribution in [1.82, 2.24) is 29.2 Å². The van der Waals surface area contributed by atoms with Crippen LogP contribution in [0.3, 0.4) is 0 Å². The Labute approximate surface area is 184 Å². The number of nitrogens with zero attached hydrogens (tertiary/aromatic N) is 5. The van der Waals surface area contributed by atoms with E-state index in [-0.39, 0.29) is 30.4 Å². The van der Waals surface area contributed by atoms with Gasteiger partial charge >= 0.3 is 6.18 Å². The van der Waals surface area contributed by atoms with Crippen molar-refractivity contribution in [1.29, 1.82) is 0 Å². The lowest BCUT2D eigenvalue weighted by Gasteiger charge is -2.31. The van der Waals surface area contributed by atoms with Crippen molar-refractivity contribution in [2.24, 2.45) is 13.0 Å². The quantitative estimate of drug-likeness (QED) is 0.615. The van der Waals surface area contributed by atoms with Crippen molar-refractivity contribution >= 4 is 15.9 Å². The van der Waals surface area contributed by atoms with Gasteiger partial charge in [-0.2, -0.15) is 27.7 Å². The number of alkyl halides is 3. The minimum absolute atomic E-state index is 0.0791. The first kappa shape index (κ1) is 24.2. The van der Waals surface area contributed by atoms with Gasteiger partial charge in [-0.05, 0) is 39.2 Å². The molecule has 1 aliphatic rings. The van der Waals surface area contributed by atoms with Crippen molar-refractivity contribution in [2.45, 2.75) is 50.7 Å². The van der Waals surface area contributed by atoms with E-state index in [9.17, 15) is 26.4 Å². The maximum atomic E-state index is 13.0. The third kappa shape index (κ3) is 5.14. The summed E-state index contributed by atoms with van der Waals surface area (Å²) in [5, 5.41) is 10.3. The average molecular weight is 477 g/mol. The van der Waals surface area contributed by atoms with Crippen LogP contribution in [-0.2, 0) is 34.6 Å². The van der Waals surface area contributed by atoms with Gasteiger partial charge in [0.2, 0.25) is 15.9 Å². The fourth-order valence-corrected chi connectivity index (χ4v) is 5.41. The molecule has 1 fully saturated rings. The predicted molar refractivity (Wildman–Crippen MR) is 109 cm³/mol. The molecule has 3 rings (SSSR count). The number of rotatable bonds is 7. The van der Waals surface area contributed by atoms with Crippen LogP contribution < -0.4 is 5.32 Å². The minimum Gasteiger partial charge on any atom is -0.356 e. The van der Waals surface area contributed by atoms with Gasteiger partial charge in [-0.25, -0.2) is 8.42 Å². The van der Waals surface area contributed by atoms with E-state index in [1.165, 1.54) is 19.9 Å². The van der Waals surface area contributed by atoms with E-state index in [0.29, 0.717) is 37.2 Å². The molecule has 32 heavy (non-hydrogen) atoms. The molecule has 1 saturated heterocycles. The number of carbonyl (C=O) groups excluding carboxylic acids is 1. The number of hydrogen-bond donors (Lipinski definition) is 1. The first-order valence-corrected chi connectivity index (χ1v) is 11.7. The Morgan fingerprint density at radius 3 is 2.62 bits per heavy atom. The van der Waals surface area contributed by atoms with Gasteiger partial charge in [-0.1, -0.05) is 0 Å². The SMILES string of the molecule is Cc1c(S(=O)(=O)N2CCCC(C(=O)NCCCn3nc(C(F)(F)F)cc3C)C2)cnn1C. The van der Waals surface area contributed by atoms with E-state index >= 15 is 0 Å². The van der Waals surface area contributed by atoms with Gasteiger partial charge in [0.15, 0.2) is 5.69 Å². The molecule has 0 spiro atoms. The standard InChI is InChI=1S/C19H27F3N6O3S/c1-13-10-17(19(20,21)22)25-28(13)9-5-7-23-18(29)15-6-4-8-27(12-15)32(30,31)16-11-24-26(3)14(16)2/h10-11,15H,4-9,12H2,1-3H3,(H,23,29). The summed E-state index contributed by atoms with van der Waals surface area (Å²) in [5.41, 5.74) is -0.0203. The Kier molecular flexibility index (Phi) is 6.98. The van der Waals surface area contributed by atoms with E-state index in [4.69, 9.17) is 0 Å². The van der Waals surface area contributed by atoms with Crippen LogP contribution in [0.2, 0.25) is 0 Å². The van der Waals surface area contributed by atoms with Crippen LogP contribution in [0.15, 0.2) is 17.2 Å². The highest BCUT2D eigenvalue weighted by Crippen LogP contribution is 2.28. The molecule has 0 saturated carbocycles. The first-order valence-electron chi connectivity index (χ1n) is 10.3. The molecule has 13 heteroatoms. The van der Waals surface area contributed by atoms with Gasteiger partial charge in [-0.3, -0.25) is 14.2 Å². The molecular formula is C19H27F3N6O3S. The summed E-state index contributed by atoms with van der Waals surface area (Å²) in [6.45, 7) is 4.11. The number of aryl methyl sites for hydroxylation is 3. The van der Waals surface area contributed by atoms with Crippen LogP contribution in [0, 0.1) is 19.8 Å². The van der Waals surface area contributed by atoms with Crippen molar-refractivity contribution in [3.8, 4) is 0 Å². The third-order valence-electron chi connectivity index (χ3n) is 5.68. The van der Waals surface area contributed by atoms with Crippen LogP contribution in [-0.4, -0.2) is 57.8 Å².